The van der Waals surface area contributed by atoms with Gasteiger partial charge in [0.2, 0.25) is 0 Å². The molecule has 0 aliphatic carbocycles. The molecule has 1 aromatic rings. The zero-order valence-corrected chi connectivity index (χ0v) is 8.94. The fraction of sp³-hybridized carbons (Fsp3) is 0.455. The predicted octanol–water partition coefficient (Wildman–Crippen LogP) is 1.13. The molecule has 0 aliphatic rings. The zero-order chi connectivity index (χ0) is 11.4. The predicted molar refractivity (Wildman–Crippen MR) is 57.9 cm³/mol. The minimum absolute atomic E-state index is 0.0317. The zero-order valence-electron chi connectivity index (χ0n) is 8.94. The lowest BCUT2D eigenvalue weighted by Gasteiger charge is -2.19. The van der Waals surface area contributed by atoms with Crippen LogP contribution in [0.25, 0.3) is 0 Å². The number of phenolic OH excluding ortho intramolecular Hbond substituents is 2. The maximum Gasteiger partial charge on any atom is 0.120 e. The summed E-state index contributed by atoms with van der Waals surface area (Å²) in [5.74, 6) is 0.256. The third kappa shape index (κ3) is 3.11. The van der Waals surface area contributed by atoms with Crippen LogP contribution in [-0.2, 0) is 0 Å². The molecule has 4 heteroatoms. The number of aliphatic hydroxyl groups excluding tert-OH is 1. The van der Waals surface area contributed by atoms with E-state index >= 15 is 0 Å². The molecule has 4 N–H and O–H groups in total. The van der Waals surface area contributed by atoms with Crippen molar-refractivity contribution in [3.8, 4) is 11.5 Å². The van der Waals surface area contributed by atoms with Crippen LogP contribution in [0.4, 0.5) is 0 Å². The summed E-state index contributed by atoms with van der Waals surface area (Å²) in [6.45, 7) is 3.74. The summed E-state index contributed by atoms with van der Waals surface area (Å²) in [5, 5.41) is 30.8. The SMILES string of the molecule is CC(CO)NC(C)c1cc(O)ccc1O. The minimum atomic E-state index is -0.126. The van der Waals surface area contributed by atoms with Gasteiger partial charge in [-0.15, -0.1) is 0 Å². The average molecular weight is 211 g/mol. The summed E-state index contributed by atoms with van der Waals surface area (Å²) < 4.78 is 0. The van der Waals surface area contributed by atoms with Gasteiger partial charge < -0.3 is 20.6 Å². The largest absolute Gasteiger partial charge is 0.508 e. The van der Waals surface area contributed by atoms with E-state index in [0.29, 0.717) is 5.56 Å². The van der Waals surface area contributed by atoms with Gasteiger partial charge in [-0.3, -0.25) is 0 Å². The Hall–Kier alpha value is -1.26. The third-order valence-corrected chi connectivity index (χ3v) is 2.29. The summed E-state index contributed by atoms with van der Waals surface area (Å²) >= 11 is 0. The van der Waals surface area contributed by atoms with E-state index in [1.165, 1.54) is 18.2 Å². The molecule has 0 aliphatic heterocycles. The first kappa shape index (κ1) is 11.8. The molecule has 0 saturated carbocycles. The molecule has 2 atom stereocenters. The number of aliphatic hydroxyl groups is 1. The van der Waals surface area contributed by atoms with Crippen molar-refractivity contribution in [1.29, 1.82) is 0 Å². The summed E-state index contributed by atoms with van der Waals surface area (Å²) in [6.07, 6.45) is 0. The molecule has 84 valence electrons. The van der Waals surface area contributed by atoms with Crippen molar-refractivity contribution >= 4 is 0 Å². The van der Waals surface area contributed by atoms with Crippen molar-refractivity contribution in [3.63, 3.8) is 0 Å². The van der Waals surface area contributed by atoms with Gasteiger partial charge in [-0.05, 0) is 32.0 Å². The van der Waals surface area contributed by atoms with Crippen LogP contribution >= 0.6 is 0 Å². The fourth-order valence-electron chi connectivity index (χ4n) is 1.46. The van der Waals surface area contributed by atoms with Crippen LogP contribution in [0, 0.1) is 0 Å². The average Bonchev–Trinajstić information content (AvgIpc) is 2.21. The minimum Gasteiger partial charge on any atom is -0.508 e. The lowest BCUT2D eigenvalue weighted by Crippen LogP contribution is -2.31. The van der Waals surface area contributed by atoms with E-state index < -0.39 is 0 Å². The number of aromatic hydroxyl groups is 2. The maximum absolute atomic E-state index is 9.58. The molecule has 1 aromatic carbocycles. The van der Waals surface area contributed by atoms with Gasteiger partial charge in [-0.1, -0.05) is 0 Å². The van der Waals surface area contributed by atoms with Crippen LogP contribution < -0.4 is 5.32 Å². The Morgan fingerprint density at radius 3 is 2.53 bits per heavy atom. The topological polar surface area (TPSA) is 72.7 Å². The number of nitrogens with one attached hydrogen (secondary N) is 1. The van der Waals surface area contributed by atoms with Gasteiger partial charge >= 0.3 is 0 Å². The third-order valence-electron chi connectivity index (χ3n) is 2.29. The van der Waals surface area contributed by atoms with Crippen LogP contribution in [-0.4, -0.2) is 28.0 Å². The number of hydrogen-bond donors (Lipinski definition) is 4. The van der Waals surface area contributed by atoms with Crippen molar-refractivity contribution in [1.82, 2.24) is 5.32 Å². The molecule has 0 amide bonds. The van der Waals surface area contributed by atoms with E-state index in [4.69, 9.17) is 5.11 Å². The number of rotatable bonds is 4. The first-order valence-electron chi connectivity index (χ1n) is 4.93. The molecule has 2 unspecified atom stereocenters. The molecule has 0 heterocycles. The number of phenols is 2. The Kier molecular flexibility index (Phi) is 3.94. The Morgan fingerprint density at radius 2 is 1.93 bits per heavy atom. The highest BCUT2D eigenvalue weighted by atomic mass is 16.3. The fourth-order valence-corrected chi connectivity index (χ4v) is 1.46. The molecular formula is C11H17NO3. The van der Waals surface area contributed by atoms with Crippen molar-refractivity contribution < 1.29 is 15.3 Å². The summed E-state index contributed by atoms with van der Waals surface area (Å²) in [7, 11) is 0. The number of hydrogen-bond acceptors (Lipinski definition) is 4. The highest BCUT2D eigenvalue weighted by Crippen LogP contribution is 2.27. The van der Waals surface area contributed by atoms with Crippen molar-refractivity contribution in [2.45, 2.75) is 25.9 Å². The maximum atomic E-state index is 9.58. The van der Waals surface area contributed by atoms with E-state index in [0.717, 1.165) is 0 Å². The van der Waals surface area contributed by atoms with Crippen LogP contribution in [0.5, 0.6) is 11.5 Å². The van der Waals surface area contributed by atoms with Crippen molar-refractivity contribution in [3.05, 3.63) is 23.8 Å². The molecule has 0 fully saturated rings. The smallest absolute Gasteiger partial charge is 0.120 e. The first-order chi connectivity index (χ1) is 7.04. The van der Waals surface area contributed by atoms with Gasteiger partial charge in [0.25, 0.3) is 0 Å². The summed E-state index contributed by atoms with van der Waals surface area (Å²) in [4.78, 5) is 0. The highest BCUT2D eigenvalue weighted by molar-refractivity contribution is 5.40. The molecule has 4 nitrogen and oxygen atoms in total. The van der Waals surface area contributed by atoms with Crippen LogP contribution in [0.3, 0.4) is 0 Å². The quantitative estimate of drug-likeness (QED) is 0.563. The lowest BCUT2D eigenvalue weighted by molar-refractivity contribution is 0.242. The van der Waals surface area contributed by atoms with Crippen LogP contribution in [0.1, 0.15) is 25.5 Å². The second kappa shape index (κ2) is 5.00. The molecule has 1 rings (SSSR count). The molecule has 15 heavy (non-hydrogen) atoms. The Labute approximate surface area is 89.2 Å². The Bertz CT molecular complexity index is 328. The molecular weight excluding hydrogens is 194 g/mol. The lowest BCUT2D eigenvalue weighted by atomic mass is 10.1. The molecule has 0 bridgehead atoms. The van der Waals surface area contributed by atoms with Crippen LogP contribution in [0.15, 0.2) is 18.2 Å². The van der Waals surface area contributed by atoms with E-state index in [9.17, 15) is 10.2 Å². The summed E-state index contributed by atoms with van der Waals surface area (Å²) in [6, 6.07) is 4.21. The normalized spacial score (nSPS) is 14.9. The van der Waals surface area contributed by atoms with E-state index in [1.54, 1.807) is 0 Å². The molecule has 0 radical (unpaired) electrons. The molecule has 0 saturated heterocycles. The van der Waals surface area contributed by atoms with Crippen LogP contribution in [0.2, 0.25) is 0 Å². The first-order valence-corrected chi connectivity index (χ1v) is 4.93. The second-order valence-corrected chi connectivity index (χ2v) is 3.72. The second-order valence-electron chi connectivity index (χ2n) is 3.72. The monoisotopic (exact) mass is 211 g/mol. The van der Waals surface area contributed by atoms with Gasteiger partial charge in [0.05, 0.1) is 6.61 Å². The Balaban J connectivity index is 2.80. The highest BCUT2D eigenvalue weighted by Gasteiger charge is 2.12. The van der Waals surface area contributed by atoms with Gasteiger partial charge in [0, 0.05) is 17.6 Å². The molecule has 0 aromatic heterocycles. The number of benzene rings is 1. The molecule has 0 spiro atoms. The van der Waals surface area contributed by atoms with Crippen molar-refractivity contribution in [2.24, 2.45) is 0 Å². The van der Waals surface area contributed by atoms with Gasteiger partial charge in [-0.25, -0.2) is 0 Å². The van der Waals surface area contributed by atoms with Gasteiger partial charge in [0.1, 0.15) is 11.5 Å². The standard InChI is InChI=1S/C11H17NO3/c1-7(6-13)12-8(2)10-5-9(14)3-4-11(10)15/h3-5,7-8,12-15H,6H2,1-2H3. The van der Waals surface area contributed by atoms with Crippen molar-refractivity contribution in [2.75, 3.05) is 6.61 Å². The van der Waals surface area contributed by atoms with E-state index in [1.807, 2.05) is 13.8 Å². The Morgan fingerprint density at radius 1 is 1.27 bits per heavy atom. The summed E-state index contributed by atoms with van der Waals surface area (Å²) in [5.41, 5.74) is 0.621. The van der Waals surface area contributed by atoms with E-state index in [-0.39, 0.29) is 30.2 Å². The van der Waals surface area contributed by atoms with E-state index in [2.05, 4.69) is 5.32 Å². The van der Waals surface area contributed by atoms with Gasteiger partial charge in [-0.2, -0.15) is 0 Å². The van der Waals surface area contributed by atoms with Gasteiger partial charge in [0.15, 0.2) is 0 Å².